The molecule has 1 atom stereocenters. The average Bonchev–Trinajstić information content (AvgIpc) is 3.11. The molecule has 1 aromatic rings. The van der Waals surface area contributed by atoms with Gasteiger partial charge in [-0.05, 0) is 32.6 Å². The highest BCUT2D eigenvalue weighted by molar-refractivity contribution is 4.92. The molecule has 28 heavy (non-hydrogen) atoms. The Balaban J connectivity index is 2.29. The molecule has 2 nitrogen and oxygen atoms in total. The SMILES string of the molecule is CCCCCCCCCCCCC(C)n1cc[n+](CCCCCC)c1C(C)C. The van der Waals surface area contributed by atoms with Gasteiger partial charge in [-0.1, -0.05) is 98.3 Å². The number of aromatic nitrogens is 2. The maximum Gasteiger partial charge on any atom is 0.259 e. The first-order valence-electron chi connectivity index (χ1n) is 12.7. The van der Waals surface area contributed by atoms with E-state index in [1.807, 2.05) is 0 Å². The lowest BCUT2D eigenvalue weighted by Crippen LogP contribution is -2.38. The fraction of sp³-hybridized carbons (Fsp3) is 0.885. The van der Waals surface area contributed by atoms with Crippen LogP contribution >= 0.6 is 0 Å². The highest BCUT2D eigenvalue weighted by Crippen LogP contribution is 2.21. The van der Waals surface area contributed by atoms with Crippen molar-refractivity contribution in [2.45, 2.75) is 149 Å². The van der Waals surface area contributed by atoms with Gasteiger partial charge in [-0.2, -0.15) is 0 Å². The van der Waals surface area contributed by atoms with Crippen LogP contribution in [0, 0.1) is 0 Å². The van der Waals surface area contributed by atoms with Crippen molar-refractivity contribution in [2.75, 3.05) is 0 Å². The molecule has 164 valence electrons. The van der Waals surface area contributed by atoms with Crippen molar-refractivity contribution >= 4 is 0 Å². The van der Waals surface area contributed by atoms with Crippen LogP contribution in [0.2, 0.25) is 0 Å². The van der Waals surface area contributed by atoms with Gasteiger partial charge in [0.2, 0.25) is 0 Å². The van der Waals surface area contributed by atoms with E-state index >= 15 is 0 Å². The molecule has 0 spiro atoms. The number of nitrogens with zero attached hydrogens (tertiary/aromatic N) is 2. The molecule has 1 unspecified atom stereocenters. The fourth-order valence-corrected chi connectivity index (χ4v) is 4.42. The molecule has 0 saturated carbocycles. The zero-order valence-corrected chi connectivity index (χ0v) is 20.0. The first-order valence-corrected chi connectivity index (χ1v) is 12.7. The number of hydrogen-bond donors (Lipinski definition) is 0. The lowest BCUT2D eigenvalue weighted by atomic mass is 10.0. The van der Waals surface area contributed by atoms with Gasteiger partial charge in [0.25, 0.3) is 5.82 Å². The summed E-state index contributed by atoms with van der Waals surface area (Å²) < 4.78 is 5.09. The van der Waals surface area contributed by atoms with Crippen molar-refractivity contribution in [3.63, 3.8) is 0 Å². The second-order valence-corrected chi connectivity index (χ2v) is 9.29. The van der Waals surface area contributed by atoms with Crippen LogP contribution in [-0.4, -0.2) is 4.57 Å². The molecule has 0 aliphatic rings. The van der Waals surface area contributed by atoms with Gasteiger partial charge < -0.3 is 0 Å². The number of hydrogen-bond acceptors (Lipinski definition) is 0. The maximum atomic E-state index is 2.57. The third-order valence-corrected chi connectivity index (χ3v) is 6.19. The monoisotopic (exact) mass is 391 g/mol. The van der Waals surface area contributed by atoms with Crippen molar-refractivity contribution in [3.05, 3.63) is 18.2 Å². The Morgan fingerprint density at radius 1 is 0.714 bits per heavy atom. The van der Waals surface area contributed by atoms with Crippen molar-refractivity contribution in [3.8, 4) is 0 Å². The predicted molar refractivity (Wildman–Crippen MR) is 124 cm³/mol. The van der Waals surface area contributed by atoms with Gasteiger partial charge in [0.15, 0.2) is 0 Å². The molecule has 1 heterocycles. The molecule has 0 aromatic carbocycles. The second kappa shape index (κ2) is 16.1. The number of imidazole rings is 1. The summed E-state index contributed by atoms with van der Waals surface area (Å²) in [5, 5.41) is 0. The molecule has 0 aliphatic carbocycles. The number of aryl methyl sites for hydroxylation is 1. The molecule has 0 N–H and O–H groups in total. The highest BCUT2D eigenvalue weighted by Gasteiger charge is 2.23. The summed E-state index contributed by atoms with van der Waals surface area (Å²) >= 11 is 0. The average molecular weight is 392 g/mol. The second-order valence-electron chi connectivity index (χ2n) is 9.29. The van der Waals surface area contributed by atoms with Crippen LogP contribution in [0.25, 0.3) is 0 Å². The molecular formula is C26H51N2+. The fourth-order valence-electron chi connectivity index (χ4n) is 4.42. The van der Waals surface area contributed by atoms with Crippen molar-refractivity contribution in [1.29, 1.82) is 0 Å². The zero-order chi connectivity index (χ0) is 20.6. The summed E-state index contributed by atoms with van der Waals surface area (Å²) in [5.74, 6) is 2.12. The van der Waals surface area contributed by atoms with E-state index in [4.69, 9.17) is 0 Å². The molecule has 0 fully saturated rings. The molecule has 0 aliphatic heterocycles. The van der Waals surface area contributed by atoms with Crippen molar-refractivity contribution < 1.29 is 4.57 Å². The summed E-state index contributed by atoms with van der Waals surface area (Å²) in [7, 11) is 0. The first kappa shape index (κ1) is 25.2. The molecule has 1 rings (SSSR count). The van der Waals surface area contributed by atoms with Crippen LogP contribution in [0.15, 0.2) is 12.4 Å². The highest BCUT2D eigenvalue weighted by atomic mass is 15.2. The van der Waals surface area contributed by atoms with Gasteiger partial charge in [0.05, 0.1) is 18.5 Å². The topological polar surface area (TPSA) is 8.81 Å². The van der Waals surface area contributed by atoms with E-state index in [2.05, 4.69) is 56.1 Å². The first-order chi connectivity index (χ1) is 13.6. The van der Waals surface area contributed by atoms with E-state index in [-0.39, 0.29) is 0 Å². The van der Waals surface area contributed by atoms with Gasteiger partial charge >= 0.3 is 0 Å². The Labute approximate surface area is 177 Å². The predicted octanol–water partition coefficient (Wildman–Crippen LogP) is 8.35. The lowest BCUT2D eigenvalue weighted by molar-refractivity contribution is -0.705. The van der Waals surface area contributed by atoms with E-state index < -0.39 is 0 Å². The molecule has 0 saturated heterocycles. The van der Waals surface area contributed by atoms with Crippen LogP contribution in [0.1, 0.15) is 149 Å². The summed E-state index contributed by atoms with van der Waals surface area (Å²) in [6.45, 7) is 12.9. The van der Waals surface area contributed by atoms with Crippen LogP contribution < -0.4 is 4.57 Å². The van der Waals surface area contributed by atoms with E-state index in [9.17, 15) is 0 Å². The Hall–Kier alpha value is -0.790. The van der Waals surface area contributed by atoms with E-state index in [0.717, 1.165) is 0 Å². The van der Waals surface area contributed by atoms with Crippen molar-refractivity contribution in [1.82, 2.24) is 4.57 Å². The van der Waals surface area contributed by atoms with Gasteiger partial charge in [-0.25, -0.2) is 9.13 Å². The largest absolute Gasteiger partial charge is 0.259 e. The normalized spacial score (nSPS) is 12.8. The third kappa shape index (κ3) is 10.1. The number of rotatable bonds is 18. The standard InChI is InChI=1S/C26H51N2/c1-6-8-10-12-13-14-15-16-17-18-20-25(5)28-23-22-27(26(28)24(3)4)21-19-11-9-7-2/h22-25H,6-21H2,1-5H3/q+1. The van der Waals surface area contributed by atoms with Gasteiger partial charge in [0, 0.05) is 0 Å². The number of unbranched alkanes of at least 4 members (excludes halogenated alkanes) is 12. The molecule has 0 bridgehead atoms. The molecular weight excluding hydrogens is 340 g/mol. The summed E-state index contributed by atoms with van der Waals surface area (Å²) in [6, 6.07) is 0.628. The lowest BCUT2D eigenvalue weighted by Gasteiger charge is -2.14. The van der Waals surface area contributed by atoms with E-state index in [0.29, 0.717) is 12.0 Å². The Bertz CT molecular complexity index is 475. The summed E-state index contributed by atoms with van der Waals surface area (Å²) in [4.78, 5) is 0. The molecule has 0 amide bonds. The zero-order valence-electron chi connectivity index (χ0n) is 20.0. The van der Waals surface area contributed by atoms with Gasteiger partial charge in [-0.3, -0.25) is 0 Å². The minimum Gasteiger partial charge on any atom is -0.234 e. The van der Waals surface area contributed by atoms with Crippen molar-refractivity contribution in [2.24, 2.45) is 0 Å². The van der Waals surface area contributed by atoms with E-state index in [1.165, 1.54) is 109 Å². The Kier molecular flexibility index (Phi) is 14.5. The van der Waals surface area contributed by atoms with Crippen LogP contribution in [0.4, 0.5) is 0 Å². The smallest absolute Gasteiger partial charge is 0.234 e. The minimum absolute atomic E-state index is 0.594. The quantitative estimate of drug-likeness (QED) is 0.175. The summed E-state index contributed by atoms with van der Waals surface area (Å²) in [6.07, 6.45) is 25.6. The Morgan fingerprint density at radius 3 is 1.75 bits per heavy atom. The Morgan fingerprint density at radius 2 is 1.21 bits per heavy atom. The minimum atomic E-state index is 0.594. The third-order valence-electron chi connectivity index (χ3n) is 6.19. The molecule has 2 heteroatoms. The maximum absolute atomic E-state index is 2.57. The van der Waals surface area contributed by atoms with Gasteiger partial charge in [0.1, 0.15) is 12.4 Å². The molecule has 0 radical (unpaired) electrons. The summed E-state index contributed by atoms with van der Waals surface area (Å²) in [5.41, 5.74) is 0. The van der Waals surface area contributed by atoms with Crippen LogP contribution in [0.3, 0.4) is 0 Å². The van der Waals surface area contributed by atoms with E-state index in [1.54, 1.807) is 0 Å². The molecule has 1 aromatic heterocycles. The van der Waals surface area contributed by atoms with Crippen LogP contribution in [0.5, 0.6) is 0 Å². The van der Waals surface area contributed by atoms with Crippen LogP contribution in [-0.2, 0) is 6.54 Å². The van der Waals surface area contributed by atoms with Gasteiger partial charge in [-0.15, -0.1) is 0 Å².